The van der Waals surface area contributed by atoms with Gasteiger partial charge in [-0.1, -0.05) is 0 Å². The molecule has 0 unspecified atom stereocenters. The van der Waals surface area contributed by atoms with Crippen molar-refractivity contribution in [2.45, 2.75) is 18.9 Å². The van der Waals surface area contributed by atoms with Crippen molar-refractivity contribution in [2.24, 2.45) is 0 Å². The van der Waals surface area contributed by atoms with E-state index < -0.39 is 11.9 Å². The molecule has 0 spiro atoms. The van der Waals surface area contributed by atoms with E-state index in [0.29, 0.717) is 0 Å². The van der Waals surface area contributed by atoms with E-state index in [-0.39, 0.29) is 17.4 Å². The van der Waals surface area contributed by atoms with E-state index in [1.807, 2.05) is 0 Å². The predicted molar refractivity (Wildman–Crippen MR) is 44.4 cm³/mol. The number of carboxylic acids is 2. The lowest BCUT2D eigenvalue weighted by Crippen LogP contribution is -2.12. The van der Waals surface area contributed by atoms with Gasteiger partial charge in [0.1, 0.15) is 0 Å². The number of imidazole rings is 1. The van der Waals surface area contributed by atoms with Gasteiger partial charge < -0.3 is 14.8 Å². The van der Waals surface area contributed by atoms with Crippen LogP contribution in [0.3, 0.4) is 0 Å². The smallest absolute Gasteiger partial charge is 0.357 e. The van der Waals surface area contributed by atoms with E-state index in [1.54, 1.807) is 0 Å². The summed E-state index contributed by atoms with van der Waals surface area (Å²) in [6.45, 7) is 0. The molecule has 1 fully saturated rings. The highest BCUT2D eigenvalue weighted by atomic mass is 16.4. The summed E-state index contributed by atoms with van der Waals surface area (Å²) >= 11 is 0. The van der Waals surface area contributed by atoms with Crippen molar-refractivity contribution in [3.63, 3.8) is 0 Å². The molecule has 1 aliphatic rings. The van der Waals surface area contributed by atoms with Crippen LogP contribution in [0.4, 0.5) is 0 Å². The van der Waals surface area contributed by atoms with Gasteiger partial charge in [-0.25, -0.2) is 14.6 Å². The van der Waals surface area contributed by atoms with Crippen LogP contribution in [0, 0.1) is 0 Å². The first-order valence-electron chi connectivity index (χ1n) is 4.14. The molecule has 0 aromatic carbocycles. The summed E-state index contributed by atoms with van der Waals surface area (Å²) in [6.07, 6.45) is 3.05. The Morgan fingerprint density at radius 1 is 1.36 bits per heavy atom. The fourth-order valence-electron chi connectivity index (χ4n) is 1.36. The van der Waals surface area contributed by atoms with E-state index in [9.17, 15) is 9.59 Å². The van der Waals surface area contributed by atoms with Gasteiger partial charge in [0.15, 0.2) is 11.4 Å². The van der Waals surface area contributed by atoms with Crippen molar-refractivity contribution in [1.29, 1.82) is 0 Å². The topological polar surface area (TPSA) is 92.4 Å². The summed E-state index contributed by atoms with van der Waals surface area (Å²) in [4.78, 5) is 25.0. The molecule has 6 heteroatoms. The highest BCUT2D eigenvalue weighted by Crippen LogP contribution is 2.36. The van der Waals surface area contributed by atoms with Gasteiger partial charge in [0.05, 0.1) is 6.33 Å². The fourth-order valence-corrected chi connectivity index (χ4v) is 1.36. The van der Waals surface area contributed by atoms with Crippen molar-refractivity contribution in [3.05, 3.63) is 17.7 Å². The monoisotopic (exact) mass is 196 g/mol. The standard InChI is InChI=1S/C8H8N2O4/c11-7(12)5-6(8(13)14)10(3-9-5)4-1-2-4/h3-4H,1-2H2,(H,11,12)(H,13,14). The van der Waals surface area contributed by atoms with Gasteiger partial charge in [0.25, 0.3) is 0 Å². The SMILES string of the molecule is O=C(O)c1ncn(C2CC2)c1C(=O)O. The molecular formula is C8H8N2O4. The summed E-state index contributed by atoms with van der Waals surface area (Å²) in [5, 5.41) is 17.5. The zero-order valence-electron chi connectivity index (χ0n) is 7.17. The van der Waals surface area contributed by atoms with Crippen LogP contribution in [-0.4, -0.2) is 31.7 Å². The van der Waals surface area contributed by atoms with E-state index in [4.69, 9.17) is 10.2 Å². The van der Waals surface area contributed by atoms with Gasteiger partial charge in [-0.3, -0.25) is 0 Å². The van der Waals surface area contributed by atoms with Gasteiger partial charge in [0.2, 0.25) is 0 Å². The van der Waals surface area contributed by atoms with Crippen molar-refractivity contribution < 1.29 is 19.8 Å². The second kappa shape index (κ2) is 2.83. The number of carbonyl (C=O) groups is 2. The Morgan fingerprint density at radius 2 is 2.00 bits per heavy atom. The van der Waals surface area contributed by atoms with Crippen LogP contribution in [0.25, 0.3) is 0 Å². The Hall–Kier alpha value is -1.85. The van der Waals surface area contributed by atoms with Crippen molar-refractivity contribution in [1.82, 2.24) is 9.55 Å². The maximum Gasteiger partial charge on any atom is 0.357 e. The molecule has 74 valence electrons. The van der Waals surface area contributed by atoms with E-state index in [2.05, 4.69) is 4.98 Å². The molecule has 0 amide bonds. The van der Waals surface area contributed by atoms with Crippen LogP contribution in [0.5, 0.6) is 0 Å². The number of carboxylic acid groups (broad SMARTS) is 2. The summed E-state index contributed by atoms with van der Waals surface area (Å²) < 4.78 is 1.42. The van der Waals surface area contributed by atoms with E-state index in [1.165, 1.54) is 10.9 Å². The highest BCUT2D eigenvalue weighted by Gasteiger charge is 2.31. The van der Waals surface area contributed by atoms with Crippen LogP contribution in [-0.2, 0) is 0 Å². The maximum absolute atomic E-state index is 10.8. The summed E-state index contributed by atoms with van der Waals surface area (Å²) in [7, 11) is 0. The predicted octanol–water partition coefficient (Wildman–Crippen LogP) is 0.614. The molecule has 14 heavy (non-hydrogen) atoms. The average Bonchev–Trinajstić information content (AvgIpc) is 2.83. The molecule has 1 saturated carbocycles. The molecule has 1 heterocycles. The van der Waals surface area contributed by atoms with Crippen molar-refractivity contribution in [2.75, 3.05) is 0 Å². The normalized spacial score (nSPS) is 15.4. The maximum atomic E-state index is 10.8. The lowest BCUT2D eigenvalue weighted by molar-refractivity contribution is 0.0640. The van der Waals surface area contributed by atoms with Gasteiger partial charge in [-0.15, -0.1) is 0 Å². The third-order valence-corrected chi connectivity index (χ3v) is 2.14. The molecule has 1 aliphatic carbocycles. The van der Waals surface area contributed by atoms with E-state index >= 15 is 0 Å². The number of nitrogens with zero attached hydrogens (tertiary/aromatic N) is 2. The number of hydrogen-bond acceptors (Lipinski definition) is 3. The van der Waals surface area contributed by atoms with Gasteiger partial charge >= 0.3 is 11.9 Å². The third-order valence-electron chi connectivity index (χ3n) is 2.14. The first-order valence-corrected chi connectivity index (χ1v) is 4.14. The molecule has 6 nitrogen and oxygen atoms in total. The second-order valence-electron chi connectivity index (χ2n) is 3.19. The van der Waals surface area contributed by atoms with Crippen LogP contribution in [0.1, 0.15) is 39.9 Å². The third kappa shape index (κ3) is 1.24. The van der Waals surface area contributed by atoms with Gasteiger partial charge in [-0.05, 0) is 12.8 Å². The van der Waals surface area contributed by atoms with Crippen LogP contribution in [0.2, 0.25) is 0 Å². The number of aromatic nitrogens is 2. The van der Waals surface area contributed by atoms with Crippen molar-refractivity contribution >= 4 is 11.9 Å². The zero-order chi connectivity index (χ0) is 10.3. The molecular weight excluding hydrogens is 188 g/mol. The molecule has 0 bridgehead atoms. The van der Waals surface area contributed by atoms with Crippen LogP contribution in [0.15, 0.2) is 6.33 Å². The molecule has 2 N–H and O–H groups in total. The van der Waals surface area contributed by atoms with Crippen LogP contribution < -0.4 is 0 Å². The van der Waals surface area contributed by atoms with Gasteiger partial charge in [0, 0.05) is 6.04 Å². The minimum Gasteiger partial charge on any atom is -0.476 e. The Bertz CT molecular complexity index is 405. The molecule has 0 atom stereocenters. The van der Waals surface area contributed by atoms with Crippen LogP contribution >= 0.6 is 0 Å². The first kappa shape index (κ1) is 8.74. The summed E-state index contributed by atoms with van der Waals surface area (Å²) in [5.41, 5.74) is -0.607. The second-order valence-corrected chi connectivity index (χ2v) is 3.19. The Balaban J connectivity index is 2.51. The summed E-state index contributed by atoms with van der Waals surface area (Å²) in [5.74, 6) is -2.55. The summed E-state index contributed by atoms with van der Waals surface area (Å²) in [6, 6.07) is 0.113. The molecule has 0 aliphatic heterocycles. The zero-order valence-corrected chi connectivity index (χ0v) is 7.17. The quantitative estimate of drug-likeness (QED) is 0.738. The van der Waals surface area contributed by atoms with Crippen molar-refractivity contribution in [3.8, 4) is 0 Å². The average molecular weight is 196 g/mol. The van der Waals surface area contributed by atoms with E-state index in [0.717, 1.165) is 12.8 Å². The molecule has 0 saturated heterocycles. The Labute approximate surface area is 78.8 Å². The lowest BCUT2D eigenvalue weighted by atomic mass is 10.3. The Morgan fingerprint density at radius 3 is 2.43 bits per heavy atom. The number of aromatic carboxylic acids is 2. The first-order chi connectivity index (χ1) is 6.61. The molecule has 1 aromatic rings. The lowest BCUT2D eigenvalue weighted by Gasteiger charge is -2.01. The Kier molecular flexibility index (Phi) is 1.77. The fraction of sp³-hybridized carbons (Fsp3) is 0.375. The number of rotatable bonds is 3. The minimum absolute atomic E-state index is 0.113. The molecule has 2 rings (SSSR count). The largest absolute Gasteiger partial charge is 0.476 e. The van der Waals surface area contributed by atoms with Gasteiger partial charge in [-0.2, -0.15) is 0 Å². The number of hydrogen-bond donors (Lipinski definition) is 2. The highest BCUT2D eigenvalue weighted by molar-refractivity contribution is 5.99. The molecule has 0 radical (unpaired) electrons. The minimum atomic E-state index is -1.30. The molecule has 1 aromatic heterocycles.